The number of rotatable bonds is 3. The highest BCUT2D eigenvalue weighted by Gasteiger charge is 2.28. The standard InChI is InChI=1S/C15H30N2/c1-13-7-6-10-17(15(13)11-16)12-14-8-4-2-3-5-9-14/h13-15H,2-12,16H2,1H3. The van der Waals surface area contributed by atoms with Gasteiger partial charge in [-0.05, 0) is 44.1 Å². The lowest BCUT2D eigenvalue weighted by molar-refractivity contribution is 0.0855. The summed E-state index contributed by atoms with van der Waals surface area (Å²) in [5, 5.41) is 0. The summed E-state index contributed by atoms with van der Waals surface area (Å²) in [5.74, 6) is 1.76. The monoisotopic (exact) mass is 238 g/mol. The van der Waals surface area contributed by atoms with Gasteiger partial charge in [-0.1, -0.05) is 32.6 Å². The lowest BCUT2D eigenvalue weighted by atomic mass is 9.89. The zero-order chi connectivity index (χ0) is 12.1. The van der Waals surface area contributed by atoms with E-state index < -0.39 is 0 Å². The third-order valence-electron chi connectivity index (χ3n) is 4.94. The Balaban J connectivity index is 1.86. The van der Waals surface area contributed by atoms with Gasteiger partial charge in [-0.2, -0.15) is 0 Å². The van der Waals surface area contributed by atoms with Gasteiger partial charge >= 0.3 is 0 Å². The summed E-state index contributed by atoms with van der Waals surface area (Å²) in [4.78, 5) is 2.71. The minimum Gasteiger partial charge on any atom is -0.329 e. The fourth-order valence-electron chi connectivity index (χ4n) is 3.82. The molecule has 17 heavy (non-hydrogen) atoms. The number of hydrogen-bond donors (Lipinski definition) is 1. The van der Waals surface area contributed by atoms with Gasteiger partial charge in [0.1, 0.15) is 0 Å². The van der Waals surface area contributed by atoms with E-state index in [0.29, 0.717) is 6.04 Å². The second kappa shape index (κ2) is 6.75. The van der Waals surface area contributed by atoms with Gasteiger partial charge in [-0.15, -0.1) is 0 Å². The Morgan fingerprint density at radius 2 is 1.71 bits per heavy atom. The highest BCUT2D eigenvalue weighted by atomic mass is 15.2. The molecular formula is C15H30N2. The maximum atomic E-state index is 5.98. The van der Waals surface area contributed by atoms with Crippen LogP contribution < -0.4 is 5.73 Å². The molecule has 2 N–H and O–H groups in total. The summed E-state index contributed by atoms with van der Waals surface area (Å²) in [5.41, 5.74) is 5.98. The Kier molecular flexibility index (Phi) is 5.30. The van der Waals surface area contributed by atoms with E-state index >= 15 is 0 Å². The van der Waals surface area contributed by atoms with Crippen molar-refractivity contribution >= 4 is 0 Å². The van der Waals surface area contributed by atoms with Crippen LogP contribution in [0.2, 0.25) is 0 Å². The molecule has 2 atom stereocenters. The van der Waals surface area contributed by atoms with Crippen molar-refractivity contribution < 1.29 is 0 Å². The first-order valence-corrected chi connectivity index (χ1v) is 7.75. The van der Waals surface area contributed by atoms with E-state index in [1.807, 2.05) is 0 Å². The number of hydrogen-bond acceptors (Lipinski definition) is 2. The zero-order valence-corrected chi connectivity index (χ0v) is 11.5. The smallest absolute Gasteiger partial charge is 0.0244 e. The molecule has 0 amide bonds. The highest BCUT2D eigenvalue weighted by Crippen LogP contribution is 2.28. The molecule has 2 rings (SSSR count). The lowest BCUT2D eigenvalue weighted by Gasteiger charge is -2.41. The minimum absolute atomic E-state index is 0.659. The van der Waals surface area contributed by atoms with Crippen LogP contribution >= 0.6 is 0 Å². The molecule has 1 aliphatic heterocycles. The molecule has 100 valence electrons. The van der Waals surface area contributed by atoms with E-state index in [-0.39, 0.29) is 0 Å². The van der Waals surface area contributed by atoms with Crippen LogP contribution in [0.1, 0.15) is 58.3 Å². The maximum absolute atomic E-state index is 5.98. The number of nitrogens with two attached hydrogens (primary N) is 1. The van der Waals surface area contributed by atoms with Crippen molar-refractivity contribution in [2.45, 2.75) is 64.3 Å². The van der Waals surface area contributed by atoms with Crippen molar-refractivity contribution in [3.63, 3.8) is 0 Å². The molecule has 2 heteroatoms. The quantitative estimate of drug-likeness (QED) is 0.766. The molecule has 2 unspecified atom stereocenters. The van der Waals surface area contributed by atoms with Crippen LogP contribution in [-0.2, 0) is 0 Å². The van der Waals surface area contributed by atoms with E-state index in [9.17, 15) is 0 Å². The van der Waals surface area contributed by atoms with Crippen LogP contribution in [0.5, 0.6) is 0 Å². The maximum Gasteiger partial charge on any atom is 0.0244 e. The molecule has 0 bridgehead atoms. The first-order valence-electron chi connectivity index (χ1n) is 7.75. The van der Waals surface area contributed by atoms with Gasteiger partial charge in [0, 0.05) is 19.1 Å². The molecule has 2 fully saturated rings. The number of likely N-dealkylation sites (tertiary alicyclic amines) is 1. The Morgan fingerprint density at radius 1 is 1.00 bits per heavy atom. The highest BCUT2D eigenvalue weighted by molar-refractivity contribution is 4.84. The van der Waals surface area contributed by atoms with Crippen LogP contribution in [0.4, 0.5) is 0 Å². The second-order valence-electron chi connectivity index (χ2n) is 6.28. The van der Waals surface area contributed by atoms with E-state index in [1.165, 1.54) is 64.5 Å². The van der Waals surface area contributed by atoms with E-state index in [0.717, 1.165) is 18.4 Å². The van der Waals surface area contributed by atoms with Crippen LogP contribution in [0.25, 0.3) is 0 Å². The average Bonchev–Trinajstić information content (AvgIpc) is 2.58. The minimum atomic E-state index is 0.659. The fraction of sp³-hybridized carbons (Fsp3) is 1.00. The lowest BCUT2D eigenvalue weighted by Crippen LogP contribution is -2.50. The summed E-state index contributed by atoms with van der Waals surface area (Å²) >= 11 is 0. The van der Waals surface area contributed by atoms with Crippen molar-refractivity contribution in [2.75, 3.05) is 19.6 Å². The van der Waals surface area contributed by atoms with E-state index in [1.54, 1.807) is 0 Å². The van der Waals surface area contributed by atoms with Crippen LogP contribution in [-0.4, -0.2) is 30.6 Å². The SMILES string of the molecule is CC1CCCN(CC2CCCCCC2)C1CN. The summed E-state index contributed by atoms with van der Waals surface area (Å²) in [7, 11) is 0. The topological polar surface area (TPSA) is 29.3 Å². The Bertz CT molecular complexity index is 209. The third-order valence-corrected chi connectivity index (χ3v) is 4.94. The Hall–Kier alpha value is -0.0800. The van der Waals surface area contributed by atoms with Gasteiger partial charge in [0.05, 0.1) is 0 Å². The van der Waals surface area contributed by atoms with Crippen molar-refractivity contribution in [3.8, 4) is 0 Å². The molecule has 0 aromatic heterocycles. The summed E-state index contributed by atoms with van der Waals surface area (Å²) < 4.78 is 0. The van der Waals surface area contributed by atoms with Crippen LogP contribution in [0, 0.1) is 11.8 Å². The predicted octanol–water partition coefficient (Wildman–Crippen LogP) is 3.02. The van der Waals surface area contributed by atoms with Crippen LogP contribution in [0.15, 0.2) is 0 Å². The largest absolute Gasteiger partial charge is 0.329 e. The van der Waals surface area contributed by atoms with Crippen molar-refractivity contribution in [1.82, 2.24) is 4.90 Å². The molecule has 0 aromatic rings. The number of piperidine rings is 1. The van der Waals surface area contributed by atoms with E-state index in [2.05, 4.69) is 11.8 Å². The molecule has 2 aliphatic rings. The fourth-order valence-corrected chi connectivity index (χ4v) is 3.82. The van der Waals surface area contributed by atoms with Gasteiger partial charge in [0.15, 0.2) is 0 Å². The van der Waals surface area contributed by atoms with Gasteiger partial charge in [0.25, 0.3) is 0 Å². The van der Waals surface area contributed by atoms with Crippen molar-refractivity contribution in [1.29, 1.82) is 0 Å². The second-order valence-corrected chi connectivity index (χ2v) is 6.28. The first kappa shape index (κ1) is 13.4. The van der Waals surface area contributed by atoms with Gasteiger partial charge in [-0.3, -0.25) is 4.90 Å². The molecule has 1 saturated carbocycles. The van der Waals surface area contributed by atoms with E-state index in [4.69, 9.17) is 5.73 Å². The molecule has 0 radical (unpaired) electrons. The molecule has 1 aliphatic carbocycles. The van der Waals surface area contributed by atoms with Crippen molar-refractivity contribution in [2.24, 2.45) is 17.6 Å². The molecule has 1 saturated heterocycles. The molecule has 0 aromatic carbocycles. The molecule has 2 nitrogen and oxygen atoms in total. The van der Waals surface area contributed by atoms with Gasteiger partial charge in [0.2, 0.25) is 0 Å². The Morgan fingerprint density at radius 3 is 2.35 bits per heavy atom. The molecule has 1 heterocycles. The number of nitrogens with zero attached hydrogens (tertiary/aromatic N) is 1. The predicted molar refractivity (Wildman–Crippen MR) is 74.0 cm³/mol. The average molecular weight is 238 g/mol. The first-order chi connectivity index (χ1) is 8.31. The molecule has 0 spiro atoms. The van der Waals surface area contributed by atoms with Crippen LogP contribution in [0.3, 0.4) is 0 Å². The zero-order valence-electron chi connectivity index (χ0n) is 11.5. The summed E-state index contributed by atoms with van der Waals surface area (Å²) in [6.45, 7) is 5.86. The van der Waals surface area contributed by atoms with Gasteiger partial charge < -0.3 is 5.73 Å². The third kappa shape index (κ3) is 3.69. The summed E-state index contributed by atoms with van der Waals surface area (Å²) in [6.07, 6.45) is 11.5. The Labute approximate surface area is 107 Å². The normalized spacial score (nSPS) is 33.5. The summed E-state index contributed by atoms with van der Waals surface area (Å²) in [6, 6.07) is 0.659. The molecular weight excluding hydrogens is 208 g/mol. The van der Waals surface area contributed by atoms with Crippen molar-refractivity contribution in [3.05, 3.63) is 0 Å². The van der Waals surface area contributed by atoms with Gasteiger partial charge in [-0.25, -0.2) is 0 Å².